The van der Waals surface area contributed by atoms with Gasteiger partial charge in [-0.2, -0.15) is 0 Å². The maximum Gasteiger partial charge on any atom is 0.410 e. The summed E-state index contributed by atoms with van der Waals surface area (Å²) < 4.78 is 5.38. The Balaban J connectivity index is 1.76. The first-order valence-corrected chi connectivity index (χ1v) is 8.71. The Kier molecular flexibility index (Phi) is 5.89. The highest BCUT2D eigenvalue weighted by Crippen LogP contribution is 2.21. The summed E-state index contributed by atoms with van der Waals surface area (Å²) in [6.45, 7) is 10.7. The number of hydrogen-bond donors (Lipinski definition) is 0. The monoisotopic (exact) mass is 325 g/mol. The lowest BCUT2D eigenvalue weighted by molar-refractivity contribution is -0.133. The molecule has 2 saturated heterocycles. The second-order valence-electron chi connectivity index (χ2n) is 7.72. The number of carbonyl (C=O) groups is 2. The quantitative estimate of drug-likeness (QED) is 0.791. The van der Waals surface area contributed by atoms with Crippen molar-refractivity contribution in [2.45, 2.75) is 45.6 Å². The third kappa shape index (κ3) is 5.37. The zero-order chi connectivity index (χ0) is 17.0. The van der Waals surface area contributed by atoms with Gasteiger partial charge in [0.15, 0.2) is 0 Å². The molecule has 6 heteroatoms. The Hall–Kier alpha value is -1.30. The molecule has 1 atom stereocenters. The number of ether oxygens (including phenoxy) is 1. The van der Waals surface area contributed by atoms with E-state index in [0.29, 0.717) is 13.1 Å². The Morgan fingerprint density at radius 2 is 1.83 bits per heavy atom. The van der Waals surface area contributed by atoms with Crippen LogP contribution in [0.2, 0.25) is 0 Å². The highest BCUT2D eigenvalue weighted by molar-refractivity contribution is 5.80. The number of amides is 2. The standard InChI is InChI=1S/C17H31N3O3/c1-17(2,3)23-16(22)20-10-7-14(13-20)15(21)18(4)11-12-19-8-5-6-9-19/h14H,5-13H2,1-4H3. The van der Waals surface area contributed by atoms with Gasteiger partial charge in [0.25, 0.3) is 0 Å². The first-order valence-electron chi connectivity index (χ1n) is 8.71. The number of likely N-dealkylation sites (tertiary alicyclic amines) is 2. The van der Waals surface area contributed by atoms with Crippen LogP contribution in [-0.2, 0) is 9.53 Å². The van der Waals surface area contributed by atoms with Gasteiger partial charge < -0.3 is 19.4 Å². The van der Waals surface area contributed by atoms with E-state index in [4.69, 9.17) is 4.74 Å². The number of carbonyl (C=O) groups excluding carboxylic acids is 2. The van der Waals surface area contributed by atoms with Crippen molar-refractivity contribution in [1.29, 1.82) is 0 Å². The van der Waals surface area contributed by atoms with Crippen molar-refractivity contribution in [1.82, 2.24) is 14.7 Å². The molecule has 0 saturated carbocycles. The maximum absolute atomic E-state index is 12.5. The van der Waals surface area contributed by atoms with Crippen molar-refractivity contribution >= 4 is 12.0 Å². The topological polar surface area (TPSA) is 53.1 Å². The van der Waals surface area contributed by atoms with E-state index in [-0.39, 0.29) is 17.9 Å². The zero-order valence-corrected chi connectivity index (χ0v) is 15.0. The van der Waals surface area contributed by atoms with Gasteiger partial charge in [-0.05, 0) is 53.1 Å². The molecule has 2 aliphatic rings. The predicted molar refractivity (Wildman–Crippen MR) is 89.2 cm³/mol. The fourth-order valence-electron chi connectivity index (χ4n) is 3.17. The highest BCUT2D eigenvalue weighted by Gasteiger charge is 2.34. The lowest BCUT2D eigenvalue weighted by Gasteiger charge is -2.25. The van der Waals surface area contributed by atoms with Crippen LogP contribution in [0.1, 0.15) is 40.0 Å². The van der Waals surface area contributed by atoms with Crippen LogP contribution < -0.4 is 0 Å². The lowest BCUT2D eigenvalue weighted by atomic mass is 10.1. The van der Waals surface area contributed by atoms with Crippen molar-refractivity contribution < 1.29 is 14.3 Å². The second-order valence-corrected chi connectivity index (χ2v) is 7.72. The minimum Gasteiger partial charge on any atom is -0.444 e. The van der Waals surface area contributed by atoms with Gasteiger partial charge in [0.1, 0.15) is 5.60 Å². The minimum atomic E-state index is -0.494. The molecule has 0 aromatic heterocycles. The Morgan fingerprint density at radius 3 is 2.43 bits per heavy atom. The van der Waals surface area contributed by atoms with E-state index < -0.39 is 5.60 Å². The van der Waals surface area contributed by atoms with Crippen molar-refractivity contribution in [2.24, 2.45) is 5.92 Å². The molecular formula is C17H31N3O3. The summed E-state index contributed by atoms with van der Waals surface area (Å²) in [5.41, 5.74) is -0.494. The third-order valence-electron chi connectivity index (χ3n) is 4.52. The van der Waals surface area contributed by atoms with Crippen molar-refractivity contribution in [3.05, 3.63) is 0 Å². The summed E-state index contributed by atoms with van der Waals surface area (Å²) in [4.78, 5) is 30.5. The summed E-state index contributed by atoms with van der Waals surface area (Å²) in [7, 11) is 1.87. The summed E-state index contributed by atoms with van der Waals surface area (Å²) >= 11 is 0. The highest BCUT2D eigenvalue weighted by atomic mass is 16.6. The summed E-state index contributed by atoms with van der Waals surface area (Å²) in [6.07, 6.45) is 2.95. The van der Waals surface area contributed by atoms with Gasteiger partial charge in [-0.1, -0.05) is 0 Å². The molecule has 0 aromatic carbocycles. The molecule has 1 unspecified atom stereocenters. The molecule has 0 spiro atoms. The Morgan fingerprint density at radius 1 is 1.17 bits per heavy atom. The average molecular weight is 325 g/mol. The number of nitrogens with zero attached hydrogens (tertiary/aromatic N) is 3. The minimum absolute atomic E-state index is 0.0916. The van der Waals surface area contributed by atoms with Crippen molar-refractivity contribution in [3.8, 4) is 0 Å². The molecule has 6 nitrogen and oxygen atoms in total. The summed E-state index contributed by atoms with van der Waals surface area (Å²) in [5, 5.41) is 0. The van der Waals surface area contributed by atoms with E-state index in [2.05, 4.69) is 4.90 Å². The van der Waals surface area contributed by atoms with Gasteiger partial charge in [0, 0.05) is 33.2 Å². The van der Waals surface area contributed by atoms with E-state index in [1.165, 1.54) is 12.8 Å². The van der Waals surface area contributed by atoms with E-state index in [0.717, 1.165) is 32.6 Å². The number of likely N-dealkylation sites (N-methyl/N-ethyl adjacent to an activating group) is 1. The SMILES string of the molecule is CN(CCN1CCCC1)C(=O)C1CCN(C(=O)OC(C)(C)C)C1. The van der Waals surface area contributed by atoms with Gasteiger partial charge in [-0.25, -0.2) is 4.79 Å². The van der Waals surface area contributed by atoms with E-state index in [1.54, 1.807) is 4.90 Å². The normalized spacial score (nSPS) is 22.4. The first-order chi connectivity index (χ1) is 10.8. The summed E-state index contributed by atoms with van der Waals surface area (Å²) in [5.74, 6) is 0.0568. The smallest absolute Gasteiger partial charge is 0.410 e. The average Bonchev–Trinajstić information content (AvgIpc) is 3.13. The van der Waals surface area contributed by atoms with Gasteiger partial charge in [-0.3, -0.25) is 4.79 Å². The Bertz CT molecular complexity index is 427. The lowest BCUT2D eigenvalue weighted by Crippen LogP contribution is -2.40. The van der Waals surface area contributed by atoms with Crippen LogP contribution in [0, 0.1) is 5.92 Å². The fourth-order valence-corrected chi connectivity index (χ4v) is 3.17. The molecule has 132 valence electrons. The fraction of sp³-hybridized carbons (Fsp3) is 0.882. The van der Waals surface area contributed by atoms with Crippen molar-refractivity contribution in [3.63, 3.8) is 0 Å². The van der Waals surface area contributed by atoms with Crippen LogP contribution in [0.4, 0.5) is 4.79 Å². The molecule has 0 radical (unpaired) electrons. The molecule has 2 rings (SSSR count). The van der Waals surface area contributed by atoms with Crippen LogP contribution in [-0.4, -0.2) is 78.6 Å². The van der Waals surface area contributed by atoms with Gasteiger partial charge in [0.05, 0.1) is 5.92 Å². The molecule has 2 aliphatic heterocycles. The molecule has 0 aromatic rings. The number of hydrogen-bond acceptors (Lipinski definition) is 4. The molecular weight excluding hydrogens is 294 g/mol. The van der Waals surface area contributed by atoms with E-state index >= 15 is 0 Å². The van der Waals surface area contributed by atoms with Crippen LogP contribution >= 0.6 is 0 Å². The van der Waals surface area contributed by atoms with Gasteiger partial charge in [0.2, 0.25) is 5.91 Å². The largest absolute Gasteiger partial charge is 0.444 e. The molecule has 0 aliphatic carbocycles. The summed E-state index contributed by atoms with van der Waals surface area (Å²) in [6, 6.07) is 0. The van der Waals surface area contributed by atoms with Crippen LogP contribution in [0.25, 0.3) is 0 Å². The number of rotatable bonds is 4. The first kappa shape index (κ1) is 18.0. The second kappa shape index (κ2) is 7.51. The van der Waals surface area contributed by atoms with Gasteiger partial charge >= 0.3 is 6.09 Å². The molecule has 2 fully saturated rings. The maximum atomic E-state index is 12.5. The third-order valence-corrected chi connectivity index (χ3v) is 4.52. The predicted octanol–water partition coefficient (Wildman–Crippen LogP) is 1.80. The van der Waals surface area contributed by atoms with Crippen LogP contribution in [0.3, 0.4) is 0 Å². The molecule has 0 bridgehead atoms. The zero-order valence-electron chi connectivity index (χ0n) is 15.0. The van der Waals surface area contributed by atoms with Crippen LogP contribution in [0.5, 0.6) is 0 Å². The van der Waals surface area contributed by atoms with Crippen molar-refractivity contribution in [2.75, 3.05) is 46.3 Å². The van der Waals surface area contributed by atoms with Gasteiger partial charge in [-0.15, -0.1) is 0 Å². The Labute approximate surface area is 139 Å². The molecule has 0 N–H and O–H groups in total. The molecule has 2 heterocycles. The van der Waals surface area contributed by atoms with Crippen LogP contribution in [0.15, 0.2) is 0 Å². The van der Waals surface area contributed by atoms with E-state index in [1.807, 2.05) is 32.7 Å². The van der Waals surface area contributed by atoms with E-state index in [9.17, 15) is 9.59 Å². The molecule has 23 heavy (non-hydrogen) atoms. The molecule has 2 amide bonds.